The molecule has 10 heavy (non-hydrogen) atoms. The Morgan fingerprint density at radius 2 is 2.20 bits per heavy atom. The van der Waals surface area contributed by atoms with Crippen LogP contribution in [0.2, 0.25) is 0 Å². The topological polar surface area (TPSA) is 17.1 Å². The second-order valence-electron chi connectivity index (χ2n) is 2.46. The molecule has 0 radical (unpaired) electrons. The Morgan fingerprint density at radius 1 is 1.50 bits per heavy atom. The van der Waals surface area contributed by atoms with Crippen molar-refractivity contribution in [3.8, 4) is 0 Å². The first-order chi connectivity index (χ1) is 4.74. The summed E-state index contributed by atoms with van der Waals surface area (Å²) in [5.41, 5.74) is 3.15. The van der Waals surface area contributed by atoms with Crippen molar-refractivity contribution in [1.82, 2.24) is 0 Å². The quantitative estimate of drug-likeness (QED) is 0.390. The largest absolute Gasteiger partial charge is 0.298 e. The molecule has 2 heteroatoms. The van der Waals surface area contributed by atoms with E-state index in [4.69, 9.17) is 0 Å². The standard InChI is InChI=1S/C8H9BO/c1-6-4-7(5-10)2-3-8(6)9/h2-5H,9H2,1H3. The zero-order chi connectivity index (χ0) is 7.56. The fourth-order valence-corrected chi connectivity index (χ4v) is 0.838. The second kappa shape index (κ2) is 2.69. The predicted octanol–water partition coefficient (Wildman–Crippen LogP) is 0.0659. The summed E-state index contributed by atoms with van der Waals surface area (Å²) >= 11 is 0. The maximum absolute atomic E-state index is 10.3. The Bertz CT molecular complexity index is 255. The number of carbonyl (C=O) groups is 1. The minimum Gasteiger partial charge on any atom is -0.298 e. The van der Waals surface area contributed by atoms with Crippen molar-refractivity contribution in [2.75, 3.05) is 0 Å². The van der Waals surface area contributed by atoms with Gasteiger partial charge in [0.15, 0.2) is 0 Å². The van der Waals surface area contributed by atoms with E-state index in [1.165, 1.54) is 11.0 Å². The van der Waals surface area contributed by atoms with E-state index >= 15 is 0 Å². The number of benzene rings is 1. The van der Waals surface area contributed by atoms with Crippen LogP contribution in [0.4, 0.5) is 0 Å². The van der Waals surface area contributed by atoms with E-state index in [1.807, 2.05) is 33.0 Å². The molecule has 0 aliphatic rings. The number of aldehydes is 1. The molecule has 0 N–H and O–H groups in total. The average molecular weight is 132 g/mol. The van der Waals surface area contributed by atoms with Crippen LogP contribution in [-0.4, -0.2) is 14.1 Å². The van der Waals surface area contributed by atoms with Crippen molar-refractivity contribution in [3.63, 3.8) is 0 Å². The lowest BCUT2D eigenvalue weighted by Gasteiger charge is -1.97. The van der Waals surface area contributed by atoms with Gasteiger partial charge < -0.3 is 0 Å². The molecule has 0 aliphatic heterocycles. The van der Waals surface area contributed by atoms with Crippen molar-refractivity contribution in [3.05, 3.63) is 29.3 Å². The molecule has 1 aromatic rings. The summed E-state index contributed by atoms with van der Waals surface area (Å²) in [6.07, 6.45) is 0.867. The first-order valence-electron chi connectivity index (χ1n) is 3.26. The summed E-state index contributed by atoms with van der Waals surface area (Å²) in [5, 5.41) is 0. The Hall–Kier alpha value is -1.05. The zero-order valence-corrected chi connectivity index (χ0v) is 6.22. The van der Waals surface area contributed by atoms with Crippen molar-refractivity contribution in [1.29, 1.82) is 0 Å². The molecular weight excluding hydrogens is 123 g/mol. The maximum atomic E-state index is 10.3. The molecule has 0 saturated carbocycles. The van der Waals surface area contributed by atoms with E-state index in [-0.39, 0.29) is 0 Å². The summed E-state index contributed by atoms with van der Waals surface area (Å²) in [7, 11) is 2.03. The Balaban J connectivity index is 3.16. The Labute approximate surface area is 61.5 Å². The van der Waals surface area contributed by atoms with Gasteiger partial charge in [0.05, 0.1) is 0 Å². The van der Waals surface area contributed by atoms with Gasteiger partial charge in [0.1, 0.15) is 14.1 Å². The van der Waals surface area contributed by atoms with Crippen LogP contribution in [0.25, 0.3) is 0 Å². The van der Waals surface area contributed by atoms with Crippen LogP contribution in [0.1, 0.15) is 15.9 Å². The third kappa shape index (κ3) is 1.27. The Kier molecular flexibility index (Phi) is 1.90. The van der Waals surface area contributed by atoms with Crippen molar-refractivity contribution < 1.29 is 4.79 Å². The van der Waals surface area contributed by atoms with Gasteiger partial charge in [-0.05, 0) is 13.0 Å². The molecule has 0 saturated heterocycles. The number of aryl methyl sites for hydroxylation is 1. The van der Waals surface area contributed by atoms with Gasteiger partial charge in [-0.25, -0.2) is 0 Å². The molecule has 0 heterocycles. The highest BCUT2D eigenvalue weighted by atomic mass is 16.1. The summed E-state index contributed by atoms with van der Waals surface area (Å²) in [6.45, 7) is 2.00. The molecule has 0 aromatic heterocycles. The number of carbonyl (C=O) groups excluding carboxylic acids is 1. The molecule has 0 amide bonds. The number of hydrogen-bond donors (Lipinski definition) is 0. The summed E-state index contributed by atoms with van der Waals surface area (Å²) in [5.74, 6) is 0. The third-order valence-electron chi connectivity index (χ3n) is 1.67. The van der Waals surface area contributed by atoms with Crippen molar-refractivity contribution in [2.45, 2.75) is 6.92 Å². The van der Waals surface area contributed by atoms with Gasteiger partial charge in [-0.15, -0.1) is 0 Å². The molecule has 0 bridgehead atoms. The van der Waals surface area contributed by atoms with E-state index in [1.54, 1.807) is 0 Å². The first-order valence-corrected chi connectivity index (χ1v) is 3.26. The van der Waals surface area contributed by atoms with Crippen LogP contribution in [0.5, 0.6) is 0 Å². The molecule has 0 fully saturated rings. The summed E-state index contributed by atoms with van der Waals surface area (Å²) in [6, 6.07) is 5.68. The molecule has 0 spiro atoms. The van der Waals surface area contributed by atoms with E-state index in [9.17, 15) is 4.79 Å². The summed E-state index contributed by atoms with van der Waals surface area (Å²) < 4.78 is 0. The van der Waals surface area contributed by atoms with Crippen molar-refractivity contribution in [2.24, 2.45) is 0 Å². The highest BCUT2D eigenvalue weighted by Gasteiger charge is 1.92. The van der Waals surface area contributed by atoms with E-state index in [0.29, 0.717) is 0 Å². The molecular formula is C8H9BO. The highest BCUT2D eigenvalue weighted by molar-refractivity contribution is 6.33. The molecule has 0 atom stereocenters. The fourth-order valence-electron chi connectivity index (χ4n) is 0.838. The number of rotatable bonds is 1. The monoisotopic (exact) mass is 132 g/mol. The van der Waals surface area contributed by atoms with E-state index in [0.717, 1.165) is 11.8 Å². The molecule has 0 unspecified atom stereocenters. The van der Waals surface area contributed by atoms with Gasteiger partial charge in [-0.1, -0.05) is 23.2 Å². The average Bonchev–Trinajstić information content (AvgIpc) is 1.95. The van der Waals surface area contributed by atoms with Crippen LogP contribution in [-0.2, 0) is 0 Å². The van der Waals surface area contributed by atoms with E-state index in [2.05, 4.69) is 0 Å². The smallest absolute Gasteiger partial charge is 0.150 e. The van der Waals surface area contributed by atoms with Crippen LogP contribution < -0.4 is 5.46 Å². The van der Waals surface area contributed by atoms with Crippen LogP contribution in [0, 0.1) is 6.92 Å². The molecule has 1 nitrogen and oxygen atoms in total. The Morgan fingerprint density at radius 3 is 2.70 bits per heavy atom. The molecule has 0 aliphatic carbocycles. The fraction of sp³-hybridized carbons (Fsp3) is 0.125. The van der Waals surface area contributed by atoms with Gasteiger partial charge in [0, 0.05) is 5.56 Å². The first kappa shape index (κ1) is 7.07. The van der Waals surface area contributed by atoms with Crippen molar-refractivity contribution >= 4 is 19.6 Å². The number of hydrogen-bond acceptors (Lipinski definition) is 1. The lowest BCUT2D eigenvalue weighted by molar-refractivity contribution is 0.112. The molecule has 1 aromatic carbocycles. The maximum Gasteiger partial charge on any atom is 0.150 e. The summed E-state index contributed by atoms with van der Waals surface area (Å²) in [4.78, 5) is 10.3. The second-order valence-corrected chi connectivity index (χ2v) is 2.46. The molecule has 1 rings (SSSR count). The van der Waals surface area contributed by atoms with Gasteiger partial charge >= 0.3 is 0 Å². The molecule has 50 valence electrons. The van der Waals surface area contributed by atoms with Gasteiger partial charge in [-0.3, -0.25) is 4.79 Å². The van der Waals surface area contributed by atoms with Gasteiger partial charge in [0.2, 0.25) is 0 Å². The minimum atomic E-state index is 0.753. The van der Waals surface area contributed by atoms with Crippen LogP contribution in [0.3, 0.4) is 0 Å². The predicted molar refractivity (Wildman–Crippen MR) is 44.7 cm³/mol. The van der Waals surface area contributed by atoms with E-state index < -0.39 is 0 Å². The zero-order valence-electron chi connectivity index (χ0n) is 6.22. The van der Waals surface area contributed by atoms with Crippen LogP contribution in [0.15, 0.2) is 18.2 Å². The van der Waals surface area contributed by atoms with Gasteiger partial charge in [0.25, 0.3) is 0 Å². The SMILES string of the molecule is Bc1ccc(C=O)cc1C. The minimum absolute atomic E-state index is 0.753. The lowest BCUT2D eigenvalue weighted by atomic mass is 9.90. The van der Waals surface area contributed by atoms with Gasteiger partial charge in [-0.2, -0.15) is 0 Å². The highest BCUT2D eigenvalue weighted by Crippen LogP contribution is 1.96. The van der Waals surface area contributed by atoms with Crippen LogP contribution >= 0.6 is 0 Å². The normalized spacial score (nSPS) is 9.30. The third-order valence-corrected chi connectivity index (χ3v) is 1.67. The lowest BCUT2D eigenvalue weighted by Crippen LogP contribution is -2.06.